The van der Waals surface area contributed by atoms with Crippen molar-refractivity contribution < 1.29 is 27.8 Å². The summed E-state index contributed by atoms with van der Waals surface area (Å²) in [5.41, 5.74) is 5.89. The summed E-state index contributed by atoms with van der Waals surface area (Å²) >= 11 is 0. The van der Waals surface area contributed by atoms with Crippen LogP contribution in [0, 0.1) is 11.6 Å². The minimum atomic E-state index is -0.940. The molecule has 170 valence electrons. The fourth-order valence-corrected chi connectivity index (χ4v) is 2.73. The van der Waals surface area contributed by atoms with Gasteiger partial charge in [-0.2, -0.15) is 4.39 Å². The number of pyridine rings is 1. The number of primary amides is 1. The first-order chi connectivity index (χ1) is 14.7. The summed E-state index contributed by atoms with van der Waals surface area (Å²) in [4.78, 5) is 28.6. The highest BCUT2D eigenvalue weighted by Gasteiger charge is 2.30. The quantitative estimate of drug-likeness (QED) is 0.787. The molecule has 3 rings (SSSR count). The zero-order valence-corrected chi connectivity index (χ0v) is 18.4. The van der Waals surface area contributed by atoms with Crippen LogP contribution in [-0.2, 0) is 9.53 Å². The van der Waals surface area contributed by atoms with Crippen LogP contribution in [-0.4, -0.2) is 43.2 Å². The van der Waals surface area contributed by atoms with Crippen molar-refractivity contribution in [2.75, 3.05) is 19.1 Å². The Hall–Kier alpha value is -3.07. The number of methoxy groups -OCH3 is 1. The predicted molar refractivity (Wildman–Crippen MR) is 114 cm³/mol. The Morgan fingerprint density at radius 3 is 2.42 bits per heavy atom. The number of amides is 2. The van der Waals surface area contributed by atoms with E-state index in [9.17, 15) is 18.4 Å². The normalized spacial score (nSPS) is 16.9. The van der Waals surface area contributed by atoms with Crippen LogP contribution in [0.15, 0.2) is 36.5 Å². The summed E-state index contributed by atoms with van der Waals surface area (Å²) in [5.74, 6) is -2.64. The van der Waals surface area contributed by atoms with E-state index < -0.39 is 23.6 Å². The summed E-state index contributed by atoms with van der Waals surface area (Å²) < 4.78 is 34.9. The second kappa shape index (κ2) is 12.6. The van der Waals surface area contributed by atoms with Crippen LogP contribution in [0.1, 0.15) is 44.1 Å². The van der Waals surface area contributed by atoms with Crippen molar-refractivity contribution in [1.29, 1.82) is 0 Å². The number of benzene rings is 1. The molecule has 0 saturated carbocycles. The van der Waals surface area contributed by atoms with Crippen molar-refractivity contribution in [3.8, 4) is 5.75 Å². The van der Waals surface area contributed by atoms with Gasteiger partial charge in [0, 0.05) is 18.9 Å². The van der Waals surface area contributed by atoms with Gasteiger partial charge in [0.1, 0.15) is 11.8 Å². The van der Waals surface area contributed by atoms with Crippen molar-refractivity contribution in [1.82, 2.24) is 4.98 Å². The molecule has 2 atom stereocenters. The lowest BCUT2D eigenvalue weighted by atomic mass is 10.2. The van der Waals surface area contributed by atoms with E-state index in [-0.39, 0.29) is 23.5 Å². The van der Waals surface area contributed by atoms with Crippen LogP contribution in [0.5, 0.6) is 5.75 Å². The second-order valence-corrected chi connectivity index (χ2v) is 6.43. The largest absolute Gasteiger partial charge is 0.494 e. The average Bonchev–Trinajstić information content (AvgIpc) is 3.22. The number of rotatable bonds is 4. The molecule has 2 N–H and O–H groups in total. The molecule has 0 aliphatic carbocycles. The molecule has 2 aromatic rings. The number of anilines is 1. The summed E-state index contributed by atoms with van der Waals surface area (Å²) in [6.07, 6.45) is 2.76. The fourth-order valence-electron chi connectivity index (χ4n) is 2.73. The van der Waals surface area contributed by atoms with E-state index in [4.69, 9.17) is 10.5 Å². The fraction of sp³-hybridized carbons (Fsp3) is 0.409. The highest BCUT2D eigenvalue weighted by atomic mass is 19.2. The van der Waals surface area contributed by atoms with Gasteiger partial charge in [0.2, 0.25) is 5.82 Å². The van der Waals surface area contributed by atoms with Gasteiger partial charge in [-0.1, -0.05) is 19.9 Å². The molecule has 1 aliphatic rings. The molecule has 2 amide bonds. The van der Waals surface area contributed by atoms with E-state index in [1.54, 1.807) is 13.1 Å². The van der Waals surface area contributed by atoms with Crippen LogP contribution in [0.4, 0.5) is 14.5 Å². The highest BCUT2D eigenvalue weighted by molar-refractivity contribution is 5.98. The van der Waals surface area contributed by atoms with Gasteiger partial charge in [0.05, 0.1) is 13.2 Å². The van der Waals surface area contributed by atoms with Crippen molar-refractivity contribution in [3.05, 3.63) is 53.9 Å². The van der Waals surface area contributed by atoms with E-state index in [1.165, 1.54) is 36.4 Å². The smallest absolute Gasteiger partial charge is 0.267 e. The molecule has 1 saturated heterocycles. The molecule has 1 aromatic carbocycles. The summed E-state index contributed by atoms with van der Waals surface area (Å²) in [5, 5.41) is 0. The number of hydrogen-bond acceptors (Lipinski definition) is 5. The number of halogens is 2. The maximum atomic E-state index is 12.5. The first-order valence-electron chi connectivity index (χ1n) is 9.91. The van der Waals surface area contributed by atoms with Crippen LogP contribution in [0.3, 0.4) is 0 Å². The molecule has 1 aliphatic heterocycles. The SMILES string of the molecule is CC.CC1CCC(C(=O)N(C)c2ccnc(C(N)=O)c2)O1.COc1cccc(F)c1F. The summed E-state index contributed by atoms with van der Waals surface area (Å²) in [6, 6.07) is 6.94. The van der Waals surface area contributed by atoms with Gasteiger partial charge >= 0.3 is 0 Å². The van der Waals surface area contributed by atoms with Crippen LogP contribution >= 0.6 is 0 Å². The van der Waals surface area contributed by atoms with Crippen molar-refractivity contribution in [2.45, 2.75) is 45.8 Å². The topological polar surface area (TPSA) is 94.8 Å². The van der Waals surface area contributed by atoms with Crippen LogP contribution in [0.25, 0.3) is 0 Å². The maximum absolute atomic E-state index is 12.5. The summed E-state index contributed by atoms with van der Waals surface area (Å²) in [6.45, 7) is 5.95. The van der Waals surface area contributed by atoms with Gasteiger partial charge in [0.15, 0.2) is 11.6 Å². The van der Waals surface area contributed by atoms with E-state index >= 15 is 0 Å². The van der Waals surface area contributed by atoms with Gasteiger partial charge in [-0.25, -0.2) is 4.39 Å². The molecule has 31 heavy (non-hydrogen) atoms. The zero-order chi connectivity index (χ0) is 23.6. The van der Waals surface area contributed by atoms with Gasteiger partial charge in [-0.05, 0) is 44.0 Å². The lowest BCUT2D eigenvalue weighted by Crippen LogP contribution is -2.36. The van der Waals surface area contributed by atoms with Crippen molar-refractivity contribution >= 4 is 17.5 Å². The van der Waals surface area contributed by atoms with Crippen molar-refractivity contribution in [3.63, 3.8) is 0 Å². The number of hydrogen-bond donors (Lipinski definition) is 1. The lowest BCUT2D eigenvalue weighted by molar-refractivity contribution is -0.128. The van der Waals surface area contributed by atoms with Gasteiger partial charge in [-0.15, -0.1) is 0 Å². The minimum absolute atomic E-state index is 0.0694. The number of likely N-dealkylation sites (N-methyl/N-ethyl adjacent to an activating group) is 1. The molecule has 0 bridgehead atoms. The van der Waals surface area contributed by atoms with Gasteiger partial charge < -0.3 is 20.1 Å². The number of nitrogens with two attached hydrogens (primary N) is 1. The molecule has 0 spiro atoms. The van der Waals surface area contributed by atoms with Gasteiger partial charge in [0.25, 0.3) is 11.8 Å². The summed E-state index contributed by atoms with van der Waals surface area (Å²) in [7, 11) is 2.94. The number of aromatic nitrogens is 1. The van der Waals surface area contributed by atoms with Crippen LogP contribution in [0.2, 0.25) is 0 Å². The molecule has 2 unspecified atom stereocenters. The Bertz CT molecular complexity index is 880. The molecular weight excluding hydrogens is 408 g/mol. The van der Waals surface area contributed by atoms with Gasteiger partial charge in [-0.3, -0.25) is 14.6 Å². The zero-order valence-electron chi connectivity index (χ0n) is 18.4. The third-order valence-electron chi connectivity index (χ3n) is 4.36. The Morgan fingerprint density at radius 2 is 1.90 bits per heavy atom. The molecular formula is C22H29F2N3O4. The van der Waals surface area contributed by atoms with Crippen LogP contribution < -0.4 is 15.4 Å². The molecule has 7 nitrogen and oxygen atoms in total. The third kappa shape index (κ3) is 7.29. The molecule has 2 heterocycles. The lowest BCUT2D eigenvalue weighted by Gasteiger charge is -2.21. The van der Waals surface area contributed by atoms with E-state index in [1.807, 2.05) is 20.8 Å². The second-order valence-electron chi connectivity index (χ2n) is 6.43. The van der Waals surface area contributed by atoms with E-state index in [0.717, 1.165) is 18.9 Å². The molecule has 9 heteroatoms. The Labute approximate surface area is 181 Å². The monoisotopic (exact) mass is 437 g/mol. The average molecular weight is 437 g/mol. The maximum Gasteiger partial charge on any atom is 0.267 e. The number of carbonyl (C=O) groups is 2. The first kappa shape index (κ1) is 26.0. The first-order valence-corrected chi connectivity index (χ1v) is 9.91. The molecule has 1 aromatic heterocycles. The van der Waals surface area contributed by atoms with E-state index in [2.05, 4.69) is 9.72 Å². The molecule has 1 fully saturated rings. The number of ether oxygens (including phenoxy) is 2. The Balaban J connectivity index is 0.000000337. The predicted octanol–water partition coefficient (Wildman–Crippen LogP) is 3.71. The Kier molecular flexibility index (Phi) is 10.5. The highest BCUT2D eigenvalue weighted by Crippen LogP contribution is 2.23. The van der Waals surface area contributed by atoms with Crippen molar-refractivity contribution in [2.24, 2.45) is 5.73 Å². The molecule has 0 radical (unpaired) electrons. The standard InChI is InChI=1S/C13H17N3O3.C7H6F2O.C2H6/c1-8-3-4-11(19-8)13(18)16(2)9-5-6-15-10(7-9)12(14)17;1-10-6-4-2-3-5(8)7(6)9;1-2/h5-8,11H,3-4H2,1-2H3,(H2,14,17);2-4H,1H3;1-2H3. The third-order valence-corrected chi connectivity index (χ3v) is 4.36. The number of nitrogens with zero attached hydrogens (tertiary/aromatic N) is 2. The minimum Gasteiger partial charge on any atom is -0.494 e. The number of carbonyl (C=O) groups excluding carboxylic acids is 2. The van der Waals surface area contributed by atoms with E-state index in [0.29, 0.717) is 5.69 Å². The Morgan fingerprint density at radius 1 is 1.23 bits per heavy atom.